The average molecular weight is 573 g/mol. The van der Waals surface area contributed by atoms with E-state index in [1.54, 1.807) is 0 Å². The summed E-state index contributed by atoms with van der Waals surface area (Å²) in [6.07, 6.45) is 19.8. The summed E-state index contributed by atoms with van der Waals surface area (Å²) in [6, 6.07) is 0. The maximum absolute atomic E-state index is 10.1. The molecule has 0 aromatic carbocycles. The highest BCUT2D eigenvalue weighted by Crippen LogP contribution is 2.40. The van der Waals surface area contributed by atoms with Crippen molar-refractivity contribution in [3.63, 3.8) is 0 Å². The molecule has 0 saturated carbocycles. The summed E-state index contributed by atoms with van der Waals surface area (Å²) in [4.78, 5) is 0. The van der Waals surface area contributed by atoms with Crippen LogP contribution in [0.2, 0.25) is 0 Å². The summed E-state index contributed by atoms with van der Waals surface area (Å²) in [6.45, 7) is 21.9. The van der Waals surface area contributed by atoms with E-state index < -0.39 is 0 Å². The van der Waals surface area contributed by atoms with E-state index in [1.807, 2.05) is 0 Å². The molecule has 2 heteroatoms. The average Bonchev–Trinajstić information content (AvgIpc) is 2.84. The van der Waals surface area contributed by atoms with E-state index in [9.17, 15) is 10.2 Å². The zero-order valence-electron chi connectivity index (χ0n) is 28.5. The summed E-state index contributed by atoms with van der Waals surface area (Å²) < 4.78 is 0. The molecule has 2 aliphatic carbocycles. The van der Waals surface area contributed by atoms with Crippen molar-refractivity contribution in [3.8, 4) is 23.7 Å². The Labute approximate surface area is 259 Å². The van der Waals surface area contributed by atoms with Crippen molar-refractivity contribution in [3.05, 3.63) is 58.2 Å². The van der Waals surface area contributed by atoms with Crippen LogP contribution in [-0.2, 0) is 0 Å². The van der Waals surface area contributed by atoms with E-state index in [0.29, 0.717) is 17.8 Å². The number of rotatable bonds is 10. The number of hydrogen-bond acceptors (Lipinski definition) is 2. The SMILES string of the molecule is CC1=C(C#C/C(C)=C/C=C/C(C)CCCCC(C)/C=C/CC(C)C#CC2=C(C)C[C@@H](O)CC2(C)C)C(C)(C)C[C@H](O)C1. The third kappa shape index (κ3) is 12.2. The topological polar surface area (TPSA) is 40.5 Å². The Hall–Kier alpha value is -2.26. The van der Waals surface area contributed by atoms with Crippen molar-refractivity contribution < 1.29 is 10.2 Å². The molecule has 3 unspecified atom stereocenters. The number of allylic oxidation sites excluding steroid dienone is 8. The Kier molecular flexibility index (Phi) is 14.2. The van der Waals surface area contributed by atoms with Crippen molar-refractivity contribution in [2.24, 2.45) is 28.6 Å². The van der Waals surface area contributed by atoms with E-state index >= 15 is 0 Å². The third-order valence-electron chi connectivity index (χ3n) is 8.92. The third-order valence-corrected chi connectivity index (χ3v) is 8.92. The van der Waals surface area contributed by atoms with Crippen LogP contribution in [0, 0.1) is 52.3 Å². The summed E-state index contributed by atoms with van der Waals surface area (Å²) in [5, 5.41) is 20.2. The summed E-state index contributed by atoms with van der Waals surface area (Å²) in [5.74, 6) is 15.2. The summed E-state index contributed by atoms with van der Waals surface area (Å²) in [7, 11) is 0. The second-order valence-electron chi connectivity index (χ2n) is 14.8. The number of unbranched alkanes of at least 4 members (excludes halogenated alkanes) is 1. The lowest BCUT2D eigenvalue weighted by Crippen LogP contribution is -2.28. The van der Waals surface area contributed by atoms with Crippen LogP contribution < -0.4 is 0 Å². The van der Waals surface area contributed by atoms with E-state index in [4.69, 9.17) is 0 Å². The van der Waals surface area contributed by atoms with Crippen molar-refractivity contribution in [1.82, 2.24) is 0 Å². The van der Waals surface area contributed by atoms with Crippen LogP contribution in [0.1, 0.15) is 127 Å². The monoisotopic (exact) mass is 572 g/mol. The number of aliphatic hydroxyl groups is 2. The van der Waals surface area contributed by atoms with Crippen molar-refractivity contribution in [2.45, 2.75) is 139 Å². The fraction of sp³-hybridized carbons (Fsp3) is 0.650. The van der Waals surface area contributed by atoms with E-state index in [0.717, 1.165) is 37.7 Å². The molecular weight excluding hydrogens is 512 g/mol. The highest BCUT2D eigenvalue weighted by molar-refractivity contribution is 5.45. The molecule has 0 aromatic heterocycles. The standard InChI is InChI=1S/C40H60O2/c1-29(17-13-19-31(3)21-23-37-33(5)25-35(41)27-39(37,7)8)15-11-12-16-30(2)18-14-20-32(4)22-24-38-34(6)26-36(42)28-40(38,9)10/h13-14,17-19,29-30,32,35-36,41-42H,11-12,15-16,20,25-28H2,1-10H3/b17-13+,18-14+,31-19+/t29?,30?,32?,35-,36-/m1/s1. The van der Waals surface area contributed by atoms with Gasteiger partial charge in [-0.1, -0.05) is 127 Å². The molecule has 0 radical (unpaired) electrons. The van der Waals surface area contributed by atoms with Gasteiger partial charge in [0.05, 0.1) is 12.2 Å². The van der Waals surface area contributed by atoms with Gasteiger partial charge in [0, 0.05) is 27.9 Å². The van der Waals surface area contributed by atoms with Gasteiger partial charge in [0.1, 0.15) is 0 Å². The molecule has 0 saturated heterocycles. The van der Waals surface area contributed by atoms with Crippen LogP contribution in [0.25, 0.3) is 0 Å². The molecule has 0 heterocycles. The van der Waals surface area contributed by atoms with Gasteiger partial charge in [0.25, 0.3) is 0 Å². The lowest BCUT2D eigenvalue weighted by Gasteiger charge is -2.34. The fourth-order valence-electron chi connectivity index (χ4n) is 6.63. The number of aliphatic hydroxyl groups excluding tert-OH is 2. The van der Waals surface area contributed by atoms with Gasteiger partial charge in [0.2, 0.25) is 0 Å². The van der Waals surface area contributed by atoms with Crippen LogP contribution in [0.15, 0.2) is 58.2 Å². The van der Waals surface area contributed by atoms with Crippen LogP contribution >= 0.6 is 0 Å². The highest BCUT2D eigenvalue weighted by Gasteiger charge is 2.33. The van der Waals surface area contributed by atoms with Crippen molar-refractivity contribution in [1.29, 1.82) is 0 Å². The van der Waals surface area contributed by atoms with E-state index in [1.165, 1.54) is 48.0 Å². The first kappa shape index (κ1) is 35.9. The second kappa shape index (κ2) is 16.6. The Bertz CT molecular complexity index is 1180. The Morgan fingerprint density at radius 3 is 1.86 bits per heavy atom. The predicted octanol–water partition coefficient (Wildman–Crippen LogP) is 9.91. The summed E-state index contributed by atoms with van der Waals surface area (Å²) >= 11 is 0. The molecule has 0 aliphatic heterocycles. The minimum Gasteiger partial charge on any atom is -0.393 e. The van der Waals surface area contributed by atoms with Crippen molar-refractivity contribution >= 4 is 0 Å². The molecule has 0 aromatic rings. The first-order valence-corrected chi connectivity index (χ1v) is 16.4. The molecule has 2 N–H and O–H groups in total. The lowest BCUT2D eigenvalue weighted by atomic mass is 9.72. The largest absolute Gasteiger partial charge is 0.393 e. The molecule has 2 rings (SSSR count). The van der Waals surface area contributed by atoms with Gasteiger partial charge in [-0.05, 0) is 83.1 Å². The highest BCUT2D eigenvalue weighted by atomic mass is 16.3. The molecule has 42 heavy (non-hydrogen) atoms. The Morgan fingerprint density at radius 2 is 1.33 bits per heavy atom. The molecule has 0 bridgehead atoms. The fourth-order valence-corrected chi connectivity index (χ4v) is 6.63. The first-order valence-electron chi connectivity index (χ1n) is 16.4. The zero-order valence-corrected chi connectivity index (χ0v) is 28.5. The second-order valence-corrected chi connectivity index (χ2v) is 14.8. The van der Waals surface area contributed by atoms with Gasteiger partial charge < -0.3 is 10.2 Å². The van der Waals surface area contributed by atoms with Gasteiger partial charge in [0.15, 0.2) is 0 Å². The van der Waals surface area contributed by atoms with Crippen LogP contribution in [0.3, 0.4) is 0 Å². The Morgan fingerprint density at radius 1 is 0.833 bits per heavy atom. The quantitative estimate of drug-likeness (QED) is 0.118. The van der Waals surface area contributed by atoms with Crippen molar-refractivity contribution in [2.75, 3.05) is 0 Å². The Balaban J connectivity index is 1.71. The van der Waals surface area contributed by atoms with E-state index in [-0.39, 0.29) is 23.0 Å². The van der Waals surface area contributed by atoms with Gasteiger partial charge in [-0.3, -0.25) is 0 Å². The van der Waals surface area contributed by atoms with Crippen LogP contribution in [-0.4, -0.2) is 22.4 Å². The minimum atomic E-state index is -0.245. The van der Waals surface area contributed by atoms with Gasteiger partial charge >= 0.3 is 0 Å². The molecular formula is C40H60O2. The molecule has 2 nitrogen and oxygen atoms in total. The van der Waals surface area contributed by atoms with E-state index in [2.05, 4.69) is 123 Å². The lowest BCUT2D eigenvalue weighted by molar-refractivity contribution is 0.116. The molecule has 0 fully saturated rings. The molecule has 0 spiro atoms. The summed E-state index contributed by atoms with van der Waals surface area (Å²) in [5.41, 5.74) is 5.88. The molecule has 5 atom stereocenters. The van der Waals surface area contributed by atoms with Crippen LogP contribution in [0.4, 0.5) is 0 Å². The molecule has 232 valence electrons. The number of hydrogen-bond donors (Lipinski definition) is 2. The van der Waals surface area contributed by atoms with Gasteiger partial charge in [-0.2, -0.15) is 0 Å². The van der Waals surface area contributed by atoms with Gasteiger partial charge in [-0.25, -0.2) is 0 Å². The zero-order chi connectivity index (χ0) is 31.5. The first-order chi connectivity index (χ1) is 19.6. The maximum atomic E-state index is 10.1. The van der Waals surface area contributed by atoms with Crippen LogP contribution in [0.5, 0.6) is 0 Å². The smallest absolute Gasteiger partial charge is 0.0586 e. The molecule has 0 amide bonds. The predicted molar refractivity (Wildman–Crippen MR) is 182 cm³/mol. The minimum absolute atomic E-state index is 0.0354. The normalized spacial score (nSPS) is 24.7. The maximum Gasteiger partial charge on any atom is 0.0586 e. The van der Waals surface area contributed by atoms with Gasteiger partial charge in [-0.15, -0.1) is 0 Å². The molecule has 2 aliphatic rings.